The highest BCUT2D eigenvalue weighted by atomic mass is 35.5. The van der Waals surface area contributed by atoms with Crippen LogP contribution in [0.25, 0.3) is 0 Å². The van der Waals surface area contributed by atoms with Crippen molar-refractivity contribution >= 4 is 52.2 Å². The molecule has 0 spiro atoms. The Morgan fingerprint density at radius 2 is 1.82 bits per heavy atom. The molecule has 212 valence electrons. The summed E-state index contributed by atoms with van der Waals surface area (Å²) >= 11 is 12.0. The number of thiocarbonyl (C=S) groups is 1. The predicted molar refractivity (Wildman–Crippen MR) is 148 cm³/mol. The van der Waals surface area contributed by atoms with Gasteiger partial charge in [0.1, 0.15) is 23.6 Å². The van der Waals surface area contributed by atoms with E-state index in [1.165, 1.54) is 55.5 Å². The zero-order valence-electron chi connectivity index (χ0n) is 22.0. The minimum absolute atomic E-state index is 0.0191. The Morgan fingerprint density at radius 3 is 2.33 bits per heavy atom. The largest absolute Gasteiger partial charge is 0.478 e. The Morgan fingerprint density at radius 1 is 1.20 bits per heavy atom. The number of allylic oxidation sites excluding steroid dienone is 1. The van der Waals surface area contributed by atoms with Crippen LogP contribution in [0.4, 0.5) is 5.69 Å². The number of alkyl halides is 1. The van der Waals surface area contributed by atoms with Gasteiger partial charge in [-0.25, -0.2) is 4.79 Å². The van der Waals surface area contributed by atoms with E-state index in [-0.39, 0.29) is 34.4 Å². The van der Waals surface area contributed by atoms with E-state index in [2.05, 4.69) is 0 Å². The van der Waals surface area contributed by atoms with Crippen molar-refractivity contribution in [3.63, 3.8) is 0 Å². The van der Waals surface area contributed by atoms with E-state index in [1.807, 2.05) is 0 Å². The predicted octanol–water partition coefficient (Wildman–Crippen LogP) is 4.45. The number of halogens is 1. The number of aliphatic hydroxyl groups excluding tert-OH is 1. The number of rotatable bonds is 10. The second kappa shape index (κ2) is 12.1. The van der Waals surface area contributed by atoms with Crippen LogP contribution < -0.4 is 4.74 Å². The Hall–Kier alpha value is -3.87. The molecular weight excluding hydrogens is 564 g/mol. The minimum Gasteiger partial charge on any atom is -0.478 e. The number of carbonyl (C=O) groups excluding carboxylic acids is 2. The number of benzene rings is 2. The van der Waals surface area contributed by atoms with Crippen molar-refractivity contribution in [1.82, 2.24) is 4.90 Å². The van der Waals surface area contributed by atoms with E-state index in [0.29, 0.717) is 5.56 Å². The quantitative estimate of drug-likeness (QED) is 0.0592. The number of aliphatic hydroxyl groups is 1. The molecule has 11 nitrogen and oxygen atoms in total. The zero-order chi connectivity index (χ0) is 29.9. The van der Waals surface area contributed by atoms with Crippen molar-refractivity contribution in [2.75, 3.05) is 0 Å². The lowest BCUT2D eigenvalue weighted by Crippen LogP contribution is -2.62. The number of ether oxygens (including phenoxy) is 2. The molecule has 0 radical (unpaired) electrons. The Balaban J connectivity index is 2.10. The normalized spacial score (nSPS) is 18.2. The molecule has 0 aliphatic carbocycles. The number of nitro benzene ring substituents is 1. The van der Waals surface area contributed by atoms with Gasteiger partial charge in [0, 0.05) is 17.5 Å². The molecule has 2 N–H and O–H groups in total. The van der Waals surface area contributed by atoms with Gasteiger partial charge < -0.3 is 19.7 Å². The molecule has 2 aromatic rings. The third-order valence-corrected chi connectivity index (χ3v) is 6.72. The molecule has 3 atom stereocenters. The number of carboxylic acids is 1. The molecule has 1 amide bonds. The van der Waals surface area contributed by atoms with Crippen molar-refractivity contribution in [3.05, 3.63) is 81.2 Å². The van der Waals surface area contributed by atoms with Gasteiger partial charge >= 0.3 is 5.97 Å². The number of β-lactam (4-membered cyclic amide) rings is 1. The molecule has 1 aliphatic heterocycles. The fourth-order valence-corrected chi connectivity index (χ4v) is 4.49. The molecule has 0 unspecified atom stereocenters. The number of likely N-dealkylation sites (tertiary alicyclic amines) is 1. The number of hydrogen-bond donors (Lipinski definition) is 2. The summed E-state index contributed by atoms with van der Waals surface area (Å²) in [5, 5.41) is 30.0. The molecule has 1 heterocycles. The number of aromatic carboxylic acids is 1. The molecule has 1 saturated heterocycles. The molecule has 1 aliphatic rings. The second-order valence-electron chi connectivity index (χ2n) is 10.0. The van der Waals surface area contributed by atoms with E-state index in [0.717, 1.165) is 4.90 Å². The number of nitrogens with zero attached hydrogens (tertiary/aromatic N) is 2. The molecular formula is C27H27ClN2O9S. The lowest BCUT2D eigenvalue weighted by molar-refractivity contribution is -0.384. The number of carbonyl (C=O) groups is 3. The number of nitro groups is 1. The Kier molecular flexibility index (Phi) is 9.28. The first-order chi connectivity index (χ1) is 18.6. The molecule has 40 heavy (non-hydrogen) atoms. The summed E-state index contributed by atoms with van der Waals surface area (Å²) in [6.45, 7) is 6.05. The van der Waals surface area contributed by atoms with Crippen LogP contribution >= 0.6 is 23.8 Å². The van der Waals surface area contributed by atoms with Crippen LogP contribution in [0.5, 0.6) is 5.75 Å². The monoisotopic (exact) mass is 590 g/mol. The smallest absolute Gasteiger partial charge is 0.335 e. The summed E-state index contributed by atoms with van der Waals surface area (Å²) in [4.78, 5) is 49.7. The fourth-order valence-electron chi connectivity index (χ4n) is 3.73. The van der Waals surface area contributed by atoms with E-state index in [1.54, 1.807) is 20.8 Å². The van der Waals surface area contributed by atoms with Crippen LogP contribution in [0.2, 0.25) is 0 Å². The van der Waals surface area contributed by atoms with Gasteiger partial charge in [0.05, 0.1) is 22.5 Å². The SMILES string of the molecule is C[C@@H](O)[C@H]1C(=O)N(C(C(=S)OCc2ccc([N+](=O)[O-])cc2)=C(Oc2cccc(C(=O)O)c2)C(=O)C(C)(C)C)[C@H]1Cl. The number of amides is 1. The number of carboxylic acid groups (broad SMARTS) is 1. The topological polar surface area (TPSA) is 157 Å². The van der Waals surface area contributed by atoms with Gasteiger partial charge in [-0.3, -0.25) is 24.6 Å². The molecule has 13 heteroatoms. The maximum atomic E-state index is 13.7. The van der Waals surface area contributed by atoms with Gasteiger partial charge in [-0.05, 0) is 55.0 Å². The molecule has 3 rings (SSSR count). The van der Waals surface area contributed by atoms with E-state index in [4.69, 9.17) is 33.3 Å². The van der Waals surface area contributed by atoms with Gasteiger partial charge in [-0.1, -0.05) is 38.4 Å². The van der Waals surface area contributed by atoms with Crippen molar-refractivity contribution in [1.29, 1.82) is 0 Å². The zero-order valence-corrected chi connectivity index (χ0v) is 23.6. The summed E-state index contributed by atoms with van der Waals surface area (Å²) < 4.78 is 11.7. The summed E-state index contributed by atoms with van der Waals surface area (Å²) in [5.41, 5.74) is -2.16. The van der Waals surface area contributed by atoms with Gasteiger partial charge in [-0.15, -0.1) is 0 Å². The number of hydrogen-bond acceptors (Lipinski definition) is 9. The highest BCUT2D eigenvalue weighted by molar-refractivity contribution is 7.80. The number of non-ortho nitro benzene ring substituents is 1. The highest BCUT2D eigenvalue weighted by Gasteiger charge is 2.53. The van der Waals surface area contributed by atoms with Crippen molar-refractivity contribution in [3.8, 4) is 5.75 Å². The fraction of sp³-hybridized carbons (Fsp3) is 0.333. The standard InChI is InChI=1S/C27H27ClN2O9S/c1-14(31)19-23(28)29(24(19)33)20(26(40)38-13-15-8-10-17(11-9-15)30(36)37)21(22(32)27(2,3)4)39-18-7-5-6-16(12-18)25(34)35/h5-12,14,19,23,31H,13H2,1-4H3,(H,34,35)/t14-,19-,23-/m1/s1. The summed E-state index contributed by atoms with van der Waals surface area (Å²) in [5.74, 6) is -3.87. The number of Topliss-reactive ketones (excluding diaryl/α,β-unsaturated/α-hetero) is 1. The van der Waals surface area contributed by atoms with Gasteiger partial charge in [0.2, 0.25) is 16.7 Å². The van der Waals surface area contributed by atoms with Crippen molar-refractivity contribution < 1.29 is 39.0 Å². The lowest BCUT2D eigenvalue weighted by Gasteiger charge is -2.46. The molecule has 0 aromatic heterocycles. The Labute approximate surface area is 240 Å². The van der Waals surface area contributed by atoms with Crippen molar-refractivity contribution in [2.45, 2.75) is 45.9 Å². The summed E-state index contributed by atoms with van der Waals surface area (Å²) in [6.07, 6.45) is -1.10. The first kappa shape index (κ1) is 30.7. The average Bonchev–Trinajstić information content (AvgIpc) is 2.88. The third-order valence-electron chi connectivity index (χ3n) is 5.94. The van der Waals surface area contributed by atoms with Crippen LogP contribution in [0.15, 0.2) is 60.0 Å². The van der Waals surface area contributed by atoms with Gasteiger partial charge in [0.25, 0.3) is 5.69 Å². The first-order valence-corrected chi connectivity index (χ1v) is 12.8. The molecule has 0 saturated carbocycles. The van der Waals surface area contributed by atoms with Crippen LogP contribution in [0.1, 0.15) is 43.6 Å². The van der Waals surface area contributed by atoms with E-state index in [9.17, 15) is 34.7 Å². The van der Waals surface area contributed by atoms with Gasteiger partial charge in [-0.2, -0.15) is 0 Å². The lowest BCUT2D eigenvalue weighted by atomic mass is 9.87. The summed E-state index contributed by atoms with van der Waals surface area (Å²) in [6, 6.07) is 10.9. The molecule has 0 bridgehead atoms. The van der Waals surface area contributed by atoms with Crippen LogP contribution in [0.3, 0.4) is 0 Å². The van der Waals surface area contributed by atoms with Crippen molar-refractivity contribution in [2.24, 2.45) is 11.3 Å². The third kappa shape index (κ3) is 6.64. The molecule has 1 fully saturated rings. The van der Waals surface area contributed by atoms with E-state index >= 15 is 0 Å². The maximum absolute atomic E-state index is 13.7. The summed E-state index contributed by atoms with van der Waals surface area (Å²) in [7, 11) is 0. The van der Waals surface area contributed by atoms with Crippen LogP contribution in [-0.2, 0) is 20.9 Å². The highest BCUT2D eigenvalue weighted by Crippen LogP contribution is 2.39. The Bertz CT molecular complexity index is 1380. The van der Waals surface area contributed by atoms with Crippen LogP contribution in [-0.4, -0.2) is 54.4 Å². The maximum Gasteiger partial charge on any atom is 0.335 e. The second-order valence-corrected chi connectivity index (χ2v) is 10.9. The van der Waals surface area contributed by atoms with Gasteiger partial charge in [0.15, 0.2) is 5.76 Å². The first-order valence-electron chi connectivity index (χ1n) is 12.0. The average molecular weight is 591 g/mol. The number of ketones is 1. The van der Waals surface area contributed by atoms with E-state index < -0.39 is 51.3 Å². The minimum atomic E-state index is -1.22. The van der Waals surface area contributed by atoms with Crippen LogP contribution in [0, 0.1) is 21.4 Å². The molecule has 2 aromatic carbocycles.